The van der Waals surface area contributed by atoms with Crippen LogP contribution in [0.2, 0.25) is 0 Å². The molecule has 0 bridgehead atoms. The zero-order valence-electron chi connectivity index (χ0n) is 16.4. The smallest absolute Gasteiger partial charge is 0.405 e. The quantitative estimate of drug-likeness (QED) is 0.742. The van der Waals surface area contributed by atoms with E-state index in [1.807, 2.05) is 43.8 Å². The number of nitrogens with one attached hydrogen (secondary N) is 1. The van der Waals surface area contributed by atoms with Gasteiger partial charge in [0.15, 0.2) is 0 Å². The van der Waals surface area contributed by atoms with E-state index >= 15 is 0 Å². The number of piperidine rings is 1. The Bertz CT molecular complexity index is 663. The number of hydrogen-bond donors (Lipinski definition) is 2. The molecule has 3 amide bonds. The highest BCUT2D eigenvalue weighted by molar-refractivity contribution is 5.95. The Hall–Kier alpha value is -2.45. The van der Waals surface area contributed by atoms with Gasteiger partial charge in [-0.2, -0.15) is 0 Å². The fraction of sp³-hybridized carbons (Fsp3) is 0.722. The summed E-state index contributed by atoms with van der Waals surface area (Å²) in [7, 11) is 1.95. The van der Waals surface area contributed by atoms with E-state index in [1.165, 1.54) is 0 Å². The Morgan fingerprint density at radius 2 is 1.85 bits per heavy atom. The minimum atomic E-state index is -1.19. The van der Waals surface area contributed by atoms with Gasteiger partial charge in [0, 0.05) is 32.4 Å². The molecule has 2 N–H and O–H groups in total. The summed E-state index contributed by atoms with van der Waals surface area (Å²) >= 11 is 0. The molecule has 3 aliphatic rings. The molecule has 9 nitrogen and oxygen atoms in total. The lowest BCUT2D eigenvalue weighted by Crippen LogP contribution is -2.57. The molecule has 0 aromatic carbocycles. The molecule has 2 fully saturated rings. The molecule has 150 valence electrons. The van der Waals surface area contributed by atoms with E-state index in [4.69, 9.17) is 5.11 Å². The second-order valence-corrected chi connectivity index (χ2v) is 8.67. The van der Waals surface area contributed by atoms with Gasteiger partial charge in [0.05, 0.1) is 13.3 Å². The summed E-state index contributed by atoms with van der Waals surface area (Å²) in [6.45, 7) is 7.92. The van der Waals surface area contributed by atoms with Crippen LogP contribution in [-0.2, 0) is 9.59 Å². The van der Waals surface area contributed by atoms with E-state index in [1.54, 1.807) is 4.90 Å². The van der Waals surface area contributed by atoms with Gasteiger partial charge in [0.2, 0.25) is 5.91 Å². The number of amides is 3. The van der Waals surface area contributed by atoms with Gasteiger partial charge in [-0.1, -0.05) is 20.8 Å². The summed E-state index contributed by atoms with van der Waals surface area (Å²) in [4.78, 5) is 44.3. The van der Waals surface area contributed by atoms with Crippen LogP contribution in [0.1, 0.15) is 33.6 Å². The molecule has 0 aliphatic carbocycles. The standard InChI is InChI=1S/C18H29N5O4/c1-18(2,3)14(19-17(26)27)16(25)21-7-5-12(6-8-21)23-11-22-10-20(4)9-13(22)15(23)24/h9,12,14,19H,5-8,10-11H2,1-4H3,(H,26,27)/t14-/m0/s1. The fourth-order valence-electron chi connectivity index (χ4n) is 4.02. The van der Waals surface area contributed by atoms with E-state index in [0.29, 0.717) is 32.6 Å². The van der Waals surface area contributed by atoms with Crippen LogP contribution in [0.3, 0.4) is 0 Å². The van der Waals surface area contributed by atoms with E-state index in [2.05, 4.69) is 10.2 Å². The summed E-state index contributed by atoms with van der Waals surface area (Å²) in [5, 5.41) is 11.4. The van der Waals surface area contributed by atoms with Crippen molar-refractivity contribution < 1.29 is 19.5 Å². The summed E-state index contributed by atoms with van der Waals surface area (Å²) in [6, 6.07) is -0.676. The van der Waals surface area contributed by atoms with Crippen molar-refractivity contribution in [3.8, 4) is 0 Å². The first-order valence-corrected chi connectivity index (χ1v) is 9.34. The number of carbonyl (C=O) groups is 3. The van der Waals surface area contributed by atoms with Gasteiger partial charge in [-0.15, -0.1) is 0 Å². The number of carboxylic acid groups (broad SMARTS) is 1. The first-order chi connectivity index (χ1) is 12.6. The summed E-state index contributed by atoms with van der Waals surface area (Å²) in [5.74, 6) is -0.134. The van der Waals surface area contributed by atoms with Crippen molar-refractivity contribution in [2.24, 2.45) is 5.41 Å². The predicted molar refractivity (Wildman–Crippen MR) is 98.3 cm³/mol. The van der Waals surface area contributed by atoms with E-state index in [-0.39, 0.29) is 17.9 Å². The molecule has 3 heterocycles. The van der Waals surface area contributed by atoms with Crippen LogP contribution in [0.5, 0.6) is 0 Å². The molecule has 0 spiro atoms. The maximum absolute atomic E-state index is 12.9. The Labute approximate surface area is 159 Å². The van der Waals surface area contributed by atoms with Crippen molar-refractivity contribution in [2.45, 2.75) is 45.7 Å². The van der Waals surface area contributed by atoms with E-state index < -0.39 is 17.6 Å². The maximum atomic E-state index is 12.9. The molecule has 0 radical (unpaired) electrons. The molecule has 3 rings (SSSR count). The third-order valence-electron chi connectivity index (χ3n) is 5.48. The molecule has 3 aliphatic heterocycles. The average Bonchev–Trinajstić information content (AvgIpc) is 3.09. The Morgan fingerprint density at radius 3 is 2.37 bits per heavy atom. The van der Waals surface area contributed by atoms with Crippen molar-refractivity contribution in [1.29, 1.82) is 0 Å². The van der Waals surface area contributed by atoms with E-state index in [9.17, 15) is 14.4 Å². The van der Waals surface area contributed by atoms with Crippen LogP contribution in [0, 0.1) is 5.41 Å². The second kappa shape index (κ2) is 6.94. The normalized spacial score (nSPS) is 22.1. The molecule has 0 unspecified atom stereocenters. The molecule has 9 heteroatoms. The number of carbonyl (C=O) groups excluding carboxylic acids is 2. The van der Waals surface area contributed by atoms with Crippen molar-refractivity contribution in [3.05, 3.63) is 11.9 Å². The van der Waals surface area contributed by atoms with Gasteiger partial charge in [-0.05, 0) is 18.3 Å². The van der Waals surface area contributed by atoms with Crippen LogP contribution in [0.15, 0.2) is 11.9 Å². The lowest BCUT2D eigenvalue weighted by molar-refractivity contribution is -0.138. The topological polar surface area (TPSA) is 96.4 Å². The van der Waals surface area contributed by atoms with Crippen LogP contribution < -0.4 is 5.32 Å². The Kier molecular flexibility index (Phi) is 4.96. The molecular weight excluding hydrogens is 350 g/mol. The van der Waals surface area contributed by atoms with Gasteiger partial charge >= 0.3 is 6.09 Å². The predicted octanol–water partition coefficient (Wildman–Crippen LogP) is 0.506. The highest BCUT2D eigenvalue weighted by Gasteiger charge is 2.42. The third-order valence-corrected chi connectivity index (χ3v) is 5.48. The number of hydrogen-bond acceptors (Lipinski definition) is 5. The van der Waals surface area contributed by atoms with Gasteiger partial charge in [0.25, 0.3) is 5.91 Å². The minimum Gasteiger partial charge on any atom is -0.465 e. The van der Waals surface area contributed by atoms with Crippen molar-refractivity contribution in [2.75, 3.05) is 33.5 Å². The van der Waals surface area contributed by atoms with Gasteiger partial charge in [-0.3, -0.25) is 9.59 Å². The van der Waals surface area contributed by atoms with Gasteiger partial charge in [0.1, 0.15) is 11.7 Å². The molecule has 0 aromatic heterocycles. The van der Waals surface area contributed by atoms with Gasteiger partial charge < -0.3 is 30.0 Å². The molecule has 27 heavy (non-hydrogen) atoms. The number of rotatable bonds is 3. The zero-order chi connectivity index (χ0) is 19.9. The van der Waals surface area contributed by atoms with Crippen LogP contribution in [0.25, 0.3) is 0 Å². The van der Waals surface area contributed by atoms with Crippen molar-refractivity contribution in [1.82, 2.24) is 24.9 Å². The largest absolute Gasteiger partial charge is 0.465 e. The van der Waals surface area contributed by atoms with E-state index in [0.717, 1.165) is 12.4 Å². The molecular formula is C18H29N5O4. The molecule has 0 saturated carbocycles. The van der Waals surface area contributed by atoms with Gasteiger partial charge in [-0.25, -0.2) is 4.79 Å². The van der Waals surface area contributed by atoms with Crippen molar-refractivity contribution >= 4 is 17.9 Å². The number of nitrogens with zero attached hydrogens (tertiary/aromatic N) is 4. The second-order valence-electron chi connectivity index (χ2n) is 8.67. The number of likely N-dealkylation sites (tertiary alicyclic amines) is 1. The molecule has 1 atom stereocenters. The summed E-state index contributed by atoms with van der Waals surface area (Å²) < 4.78 is 0. The van der Waals surface area contributed by atoms with Crippen LogP contribution in [-0.4, -0.2) is 88.2 Å². The molecule has 2 saturated heterocycles. The lowest BCUT2D eigenvalue weighted by Gasteiger charge is -2.40. The highest BCUT2D eigenvalue weighted by Crippen LogP contribution is 2.30. The number of fused-ring (bicyclic) bond motifs is 1. The Balaban J connectivity index is 1.60. The van der Waals surface area contributed by atoms with Crippen LogP contribution >= 0.6 is 0 Å². The first-order valence-electron chi connectivity index (χ1n) is 9.34. The first kappa shape index (κ1) is 19.3. The molecule has 0 aromatic rings. The Morgan fingerprint density at radius 1 is 1.22 bits per heavy atom. The zero-order valence-corrected chi connectivity index (χ0v) is 16.4. The minimum absolute atomic E-state index is 0.0595. The summed E-state index contributed by atoms with van der Waals surface area (Å²) in [5.41, 5.74) is 0.231. The average molecular weight is 379 g/mol. The lowest BCUT2D eigenvalue weighted by atomic mass is 9.85. The highest BCUT2D eigenvalue weighted by atomic mass is 16.4. The third kappa shape index (κ3) is 3.81. The summed E-state index contributed by atoms with van der Waals surface area (Å²) in [6.07, 6.45) is 2.10. The van der Waals surface area contributed by atoms with Crippen molar-refractivity contribution in [3.63, 3.8) is 0 Å². The monoisotopic (exact) mass is 379 g/mol. The maximum Gasteiger partial charge on any atom is 0.405 e. The van der Waals surface area contributed by atoms with Crippen LogP contribution in [0.4, 0.5) is 4.79 Å². The SMILES string of the molecule is CN1C=C2C(=O)N(C3CCN(C(=O)[C@H](NC(=O)O)C(C)(C)C)CC3)CN2C1. The fourth-order valence-corrected chi connectivity index (χ4v) is 4.02.